The van der Waals surface area contributed by atoms with Crippen molar-refractivity contribution in [1.82, 2.24) is 0 Å². The normalized spacial score (nSPS) is 13.2. The summed E-state index contributed by atoms with van der Waals surface area (Å²) in [5.41, 5.74) is 10.8. The van der Waals surface area contributed by atoms with E-state index in [9.17, 15) is 0 Å². The zero-order valence-electron chi connectivity index (χ0n) is 7.62. The van der Waals surface area contributed by atoms with Gasteiger partial charge in [-0.05, 0) is 27.7 Å². The van der Waals surface area contributed by atoms with Crippen molar-refractivity contribution in [2.45, 2.75) is 38.8 Å². The third-order valence-electron chi connectivity index (χ3n) is 1.66. The van der Waals surface area contributed by atoms with Gasteiger partial charge in [0.25, 0.3) is 0 Å². The van der Waals surface area contributed by atoms with E-state index in [4.69, 9.17) is 15.3 Å². The maximum absolute atomic E-state index is 9.08. The number of halogens is 2. The maximum atomic E-state index is 9.08. The van der Waals surface area contributed by atoms with Crippen molar-refractivity contribution in [3.8, 4) is 0 Å². The second-order valence-electron chi connectivity index (χ2n) is 3.58. The van der Waals surface area contributed by atoms with Crippen molar-refractivity contribution in [2.24, 2.45) is 11.5 Å². The van der Waals surface area contributed by atoms with Gasteiger partial charge in [-0.15, -0.1) is 0 Å². The molecule has 0 amide bonds. The van der Waals surface area contributed by atoms with Crippen LogP contribution >= 0.6 is 20.2 Å². The Hall–Kier alpha value is 0.819. The zero-order chi connectivity index (χ0) is 10.6. The fourth-order valence-corrected chi connectivity index (χ4v) is 0. The number of rotatable bonds is 1. The molecule has 0 heterocycles. The van der Waals surface area contributed by atoms with Gasteiger partial charge in [0.15, 0.2) is 0 Å². The minimum atomic E-state index is -1.62. The molecule has 81 valence electrons. The first-order valence-corrected chi connectivity index (χ1v) is 6.15. The standard InChI is InChI=1S/C6H16N2.2ClH.Cu.O/c1-5(2,7)6(3,4)8;;;;/h7-8H2,1-4H3;2*1H;;/q;;;+2;/p-2. The van der Waals surface area contributed by atoms with Crippen molar-refractivity contribution in [2.75, 3.05) is 0 Å². The van der Waals surface area contributed by atoms with E-state index in [0.29, 0.717) is 0 Å². The molecule has 0 saturated heterocycles. The van der Waals surface area contributed by atoms with E-state index in [2.05, 4.69) is 20.2 Å². The molecule has 0 rings (SSSR count). The molecule has 0 bridgehead atoms. The predicted octanol–water partition coefficient (Wildman–Crippen LogP) is 1.72. The zero-order valence-corrected chi connectivity index (χ0v) is 10.1. The summed E-state index contributed by atoms with van der Waals surface area (Å²) in [5.74, 6) is 0. The van der Waals surface area contributed by atoms with E-state index >= 15 is 0 Å². The molecule has 0 atom stereocenters. The van der Waals surface area contributed by atoms with Crippen LogP contribution in [0.25, 0.3) is 0 Å². The molecule has 0 aromatic heterocycles. The summed E-state index contributed by atoms with van der Waals surface area (Å²) < 4.78 is 9.08. The van der Waals surface area contributed by atoms with E-state index < -0.39 is 12.0 Å². The summed E-state index contributed by atoms with van der Waals surface area (Å²) in [5, 5.41) is 0. The first kappa shape index (κ1) is 15.3. The number of nitrogens with two attached hydrogens (primary N) is 2. The minimum absolute atomic E-state index is 0.285. The number of hydrogen-bond acceptors (Lipinski definition) is 3. The van der Waals surface area contributed by atoms with Crippen molar-refractivity contribution < 1.29 is 15.8 Å². The molecule has 0 fully saturated rings. The molecule has 4 N–H and O–H groups in total. The van der Waals surface area contributed by atoms with Gasteiger partial charge in [0.05, 0.1) is 0 Å². The second-order valence-corrected chi connectivity index (χ2v) is 6.19. The van der Waals surface area contributed by atoms with Gasteiger partial charge in [0.1, 0.15) is 0 Å². The molecule has 6 heteroatoms. The van der Waals surface area contributed by atoms with Crippen molar-refractivity contribution >= 4 is 20.2 Å². The van der Waals surface area contributed by atoms with E-state index in [1.807, 2.05) is 27.7 Å². The van der Waals surface area contributed by atoms with Gasteiger partial charge in [0, 0.05) is 11.1 Å². The van der Waals surface area contributed by atoms with Crippen molar-refractivity contribution in [3.63, 3.8) is 0 Å². The van der Waals surface area contributed by atoms with Gasteiger partial charge < -0.3 is 11.5 Å². The summed E-state index contributed by atoms with van der Waals surface area (Å²) in [6.45, 7) is 7.69. The van der Waals surface area contributed by atoms with Crippen molar-refractivity contribution in [1.29, 1.82) is 0 Å². The van der Waals surface area contributed by atoms with E-state index in [1.54, 1.807) is 0 Å². The molecule has 12 heavy (non-hydrogen) atoms. The van der Waals surface area contributed by atoms with Crippen LogP contribution in [0.2, 0.25) is 0 Å². The SMILES string of the molecule is CC(C)(N)C(C)(C)N.[O]=[Cu]([Cl])[Cl]. The van der Waals surface area contributed by atoms with Gasteiger partial charge in [-0.2, -0.15) is 0 Å². The topological polar surface area (TPSA) is 69.1 Å². The summed E-state index contributed by atoms with van der Waals surface area (Å²) in [6, 6.07) is 0. The predicted molar refractivity (Wildman–Crippen MR) is 48.9 cm³/mol. The number of hydrogen-bond donors (Lipinski definition) is 2. The Balaban J connectivity index is 0. The average molecular weight is 267 g/mol. The first-order chi connectivity index (χ1) is 4.98. The molecule has 0 unspecified atom stereocenters. The third-order valence-corrected chi connectivity index (χ3v) is 1.66. The monoisotopic (exact) mass is 265 g/mol. The Kier molecular flexibility index (Phi) is 7.05. The van der Waals surface area contributed by atoms with Gasteiger partial charge in [-0.1, -0.05) is 0 Å². The van der Waals surface area contributed by atoms with Crippen LogP contribution in [0.4, 0.5) is 0 Å². The molecule has 0 aliphatic heterocycles. The van der Waals surface area contributed by atoms with Crippen LogP contribution in [0.5, 0.6) is 0 Å². The molecule has 0 spiro atoms. The van der Waals surface area contributed by atoms with Crippen LogP contribution < -0.4 is 11.5 Å². The molecular formula is C6H16Cl2CuN2O. The van der Waals surface area contributed by atoms with Crippen LogP contribution in [0.15, 0.2) is 0 Å². The fourth-order valence-electron chi connectivity index (χ4n) is 0. The second kappa shape index (κ2) is 5.53. The third kappa shape index (κ3) is 10.8. The Morgan fingerprint density at radius 3 is 1.08 bits per heavy atom. The van der Waals surface area contributed by atoms with Gasteiger partial charge in [-0.25, -0.2) is 0 Å². The van der Waals surface area contributed by atoms with Gasteiger partial charge >= 0.3 is 36.0 Å². The van der Waals surface area contributed by atoms with E-state index in [0.717, 1.165) is 0 Å². The summed E-state index contributed by atoms with van der Waals surface area (Å²) in [6.07, 6.45) is 0. The summed E-state index contributed by atoms with van der Waals surface area (Å²) in [4.78, 5) is 0. The molecule has 0 saturated carbocycles. The van der Waals surface area contributed by atoms with Crippen LogP contribution in [0.1, 0.15) is 27.7 Å². The molecule has 3 nitrogen and oxygen atoms in total. The molecular weight excluding hydrogens is 251 g/mol. The van der Waals surface area contributed by atoms with Crippen molar-refractivity contribution in [3.05, 3.63) is 0 Å². The Morgan fingerprint density at radius 1 is 1.00 bits per heavy atom. The van der Waals surface area contributed by atoms with Gasteiger partial charge in [0.2, 0.25) is 0 Å². The van der Waals surface area contributed by atoms with E-state index in [1.165, 1.54) is 0 Å². The molecule has 0 aliphatic carbocycles. The molecule has 0 aromatic rings. The Morgan fingerprint density at radius 2 is 1.08 bits per heavy atom. The van der Waals surface area contributed by atoms with Crippen LogP contribution in [-0.2, 0) is 15.8 Å². The van der Waals surface area contributed by atoms with Crippen LogP contribution in [-0.4, -0.2) is 11.1 Å². The fraction of sp³-hybridized carbons (Fsp3) is 1.00. The Bertz CT molecular complexity index is 135. The Labute approximate surface area is 86.3 Å². The van der Waals surface area contributed by atoms with E-state index in [-0.39, 0.29) is 11.1 Å². The van der Waals surface area contributed by atoms with Crippen LogP contribution in [0, 0.1) is 0 Å². The quantitative estimate of drug-likeness (QED) is 0.710. The summed E-state index contributed by atoms with van der Waals surface area (Å²) in [7, 11) is 9.01. The average Bonchev–Trinajstić information content (AvgIpc) is 1.55. The summed E-state index contributed by atoms with van der Waals surface area (Å²) >= 11 is -1.62. The molecule has 0 aromatic carbocycles. The van der Waals surface area contributed by atoms with Gasteiger partial charge in [-0.3, -0.25) is 0 Å². The van der Waals surface area contributed by atoms with Crippen LogP contribution in [0.3, 0.4) is 0 Å². The molecule has 0 aliphatic rings. The first-order valence-electron chi connectivity index (χ1n) is 3.18. The molecule has 0 radical (unpaired) electrons.